The van der Waals surface area contributed by atoms with E-state index in [0.717, 1.165) is 11.3 Å². The summed E-state index contributed by atoms with van der Waals surface area (Å²) < 4.78 is 25.6. The number of carbonyl (C=O) groups excluding carboxylic acids is 1. The molecule has 2 aromatic carbocycles. The molecule has 0 atom stereocenters. The van der Waals surface area contributed by atoms with Crippen molar-refractivity contribution in [3.8, 4) is 0 Å². The summed E-state index contributed by atoms with van der Waals surface area (Å²) >= 11 is 0. The minimum absolute atomic E-state index is 0.0374. The van der Waals surface area contributed by atoms with Crippen LogP contribution in [-0.4, -0.2) is 40.7 Å². The van der Waals surface area contributed by atoms with Crippen LogP contribution in [0.4, 0.5) is 11.4 Å². The minimum atomic E-state index is -3.32. The lowest BCUT2D eigenvalue weighted by molar-refractivity contribution is 0.0951. The average Bonchev–Trinajstić information content (AvgIpc) is 2.67. The van der Waals surface area contributed by atoms with Gasteiger partial charge >= 0.3 is 0 Å². The molecule has 27 heavy (non-hydrogen) atoms. The van der Waals surface area contributed by atoms with E-state index >= 15 is 0 Å². The van der Waals surface area contributed by atoms with E-state index in [0.29, 0.717) is 24.3 Å². The van der Waals surface area contributed by atoms with Crippen LogP contribution in [0.5, 0.6) is 0 Å². The van der Waals surface area contributed by atoms with Crippen LogP contribution in [-0.2, 0) is 16.6 Å². The maximum absolute atomic E-state index is 12.3. The molecule has 146 valence electrons. The van der Waals surface area contributed by atoms with Gasteiger partial charge in [0.05, 0.1) is 11.4 Å². The Labute approximate surface area is 161 Å². The van der Waals surface area contributed by atoms with Gasteiger partial charge in [-0.2, -0.15) is 0 Å². The van der Waals surface area contributed by atoms with Gasteiger partial charge in [0.15, 0.2) is 0 Å². The van der Waals surface area contributed by atoms with Crippen molar-refractivity contribution < 1.29 is 13.2 Å². The highest BCUT2D eigenvalue weighted by molar-refractivity contribution is 7.92. The highest BCUT2D eigenvalue weighted by atomic mass is 32.2. The molecule has 1 amide bonds. The normalized spacial score (nSPS) is 11.1. The van der Waals surface area contributed by atoms with E-state index in [9.17, 15) is 13.2 Å². The van der Waals surface area contributed by atoms with E-state index in [1.165, 1.54) is 4.31 Å². The summed E-state index contributed by atoms with van der Waals surface area (Å²) in [4.78, 5) is 14.4. The number of carbonyl (C=O) groups is 1. The second kappa shape index (κ2) is 8.90. The van der Waals surface area contributed by atoms with Crippen LogP contribution < -0.4 is 14.5 Å². The molecule has 0 fully saturated rings. The number of hydrogen-bond donors (Lipinski definition) is 1. The van der Waals surface area contributed by atoms with Gasteiger partial charge in [-0.05, 0) is 55.8 Å². The molecule has 0 aliphatic heterocycles. The predicted octanol–water partition coefficient (Wildman–Crippen LogP) is 2.86. The van der Waals surface area contributed by atoms with Gasteiger partial charge < -0.3 is 10.2 Å². The standard InChI is InChI=1S/C20H27N3O3S/c1-5-23(27(25,26)6-2)19-13-9-17(10-14-19)20(24)21-15-16-7-11-18(12-8-16)22(3)4/h7-14H,5-6,15H2,1-4H3,(H,21,24). The minimum Gasteiger partial charge on any atom is -0.378 e. The number of hydrogen-bond acceptors (Lipinski definition) is 4. The number of nitrogens with zero attached hydrogens (tertiary/aromatic N) is 2. The second-order valence-corrected chi connectivity index (χ2v) is 8.54. The fraction of sp³-hybridized carbons (Fsp3) is 0.350. The lowest BCUT2D eigenvalue weighted by Crippen LogP contribution is -2.32. The van der Waals surface area contributed by atoms with Gasteiger partial charge in [-0.15, -0.1) is 0 Å². The lowest BCUT2D eigenvalue weighted by atomic mass is 10.1. The Morgan fingerprint density at radius 1 is 0.926 bits per heavy atom. The van der Waals surface area contributed by atoms with E-state index in [2.05, 4.69) is 5.32 Å². The molecule has 0 aliphatic carbocycles. The lowest BCUT2D eigenvalue weighted by Gasteiger charge is -2.22. The number of amides is 1. The van der Waals surface area contributed by atoms with Gasteiger partial charge in [0.25, 0.3) is 5.91 Å². The van der Waals surface area contributed by atoms with Crippen molar-refractivity contribution in [1.82, 2.24) is 5.32 Å². The van der Waals surface area contributed by atoms with Crippen LogP contribution >= 0.6 is 0 Å². The van der Waals surface area contributed by atoms with Crippen LogP contribution in [0, 0.1) is 0 Å². The molecule has 6 nitrogen and oxygen atoms in total. The number of benzene rings is 2. The first kappa shape index (κ1) is 20.8. The van der Waals surface area contributed by atoms with Crippen molar-refractivity contribution >= 4 is 27.3 Å². The van der Waals surface area contributed by atoms with E-state index in [4.69, 9.17) is 0 Å². The molecule has 0 unspecified atom stereocenters. The highest BCUT2D eigenvalue weighted by Crippen LogP contribution is 2.19. The van der Waals surface area contributed by atoms with Crippen LogP contribution in [0.3, 0.4) is 0 Å². The summed E-state index contributed by atoms with van der Waals surface area (Å²) in [6.45, 7) is 4.19. The third-order valence-electron chi connectivity index (χ3n) is 4.31. The van der Waals surface area contributed by atoms with E-state index in [1.807, 2.05) is 43.3 Å². The monoisotopic (exact) mass is 389 g/mol. The smallest absolute Gasteiger partial charge is 0.251 e. The maximum Gasteiger partial charge on any atom is 0.251 e. The molecular formula is C20H27N3O3S. The molecule has 7 heteroatoms. The van der Waals surface area contributed by atoms with Gasteiger partial charge in [-0.3, -0.25) is 9.10 Å². The number of rotatable bonds is 8. The van der Waals surface area contributed by atoms with Crippen molar-refractivity contribution in [2.24, 2.45) is 0 Å². The largest absolute Gasteiger partial charge is 0.378 e. The summed E-state index contributed by atoms with van der Waals surface area (Å²) in [6, 6.07) is 14.6. The SMILES string of the molecule is CCN(c1ccc(C(=O)NCc2ccc(N(C)C)cc2)cc1)S(=O)(=O)CC. The quantitative estimate of drug-likeness (QED) is 0.754. The molecule has 0 bridgehead atoms. The topological polar surface area (TPSA) is 69.7 Å². The first-order valence-corrected chi connectivity index (χ1v) is 10.5. The Morgan fingerprint density at radius 2 is 1.48 bits per heavy atom. The summed E-state index contributed by atoms with van der Waals surface area (Å²) in [7, 11) is 0.633. The molecule has 0 aromatic heterocycles. The third-order valence-corrected chi connectivity index (χ3v) is 6.18. The Morgan fingerprint density at radius 3 is 1.96 bits per heavy atom. The molecule has 0 saturated heterocycles. The molecule has 0 aliphatic rings. The summed E-state index contributed by atoms with van der Waals surface area (Å²) in [5.41, 5.74) is 3.17. The van der Waals surface area contributed by atoms with Crippen molar-refractivity contribution in [2.45, 2.75) is 20.4 Å². The van der Waals surface area contributed by atoms with Gasteiger partial charge in [0.1, 0.15) is 0 Å². The zero-order valence-electron chi connectivity index (χ0n) is 16.3. The summed E-state index contributed by atoms with van der Waals surface area (Å²) in [6.07, 6.45) is 0. The third kappa shape index (κ3) is 5.23. The second-order valence-electron chi connectivity index (χ2n) is 6.36. The molecule has 2 aromatic rings. The fourth-order valence-corrected chi connectivity index (χ4v) is 3.82. The predicted molar refractivity (Wildman–Crippen MR) is 111 cm³/mol. The molecular weight excluding hydrogens is 362 g/mol. The Hall–Kier alpha value is -2.54. The van der Waals surface area contributed by atoms with Crippen LogP contribution in [0.25, 0.3) is 0 Å². The Bertz CT molecular complexity index is 860. The van der Waals surface area contributed by atoms with Crippen molar-refractivity contribution in [3.63, 3.8) is 0 Å². The van der Waals surface area contributed by atoms with E-state index < -0.39 is 10.0 Å². The van der Waals surface area contributed by atoms with Crippen molar-refractivity contribution in [3.05, 3.63) is 59.7 Å². The summed E-state index contributed by atoms with van der Waals surface area (Å²) in [5.74, 6) is -0.157. The average molecular weight is 390 g/mol. The Balaban J connectivity index is 2.03. The van der Waals surface area contributed by atoms with Gasteiger partial charge in [0, 0.05) is 38.4 Å². The van der Waals surface area contributed by atoms with Crippen molar-refractivity contribution in [2.75, 3.05) is 35.6 Å². The number of nitrogens with one attached hydrogen (secondary N) is 1. The van der Waals surface area contributed by atoms with Crippen LogP contribution in [0.15, 0.2) is 48.5 Å². The fourth-order valence-electron chi connectivity index (χ4n) is 2.67. The van der Waals surface area contributed by atoms with E-state index in [-0.39, 0.29) is 11.7 Å². The zero-order valence-corrected chi connectivity index (χ0v) is 17.1. The first-order valence-electron chi connectivity index (χ1n) is 8.93. The molecule has 1 N–H and O–H groups in total. The zero-order chi connectivity index (χ0) is 20.0. The molecule has 0 heterocycles. The Kier molecular flexibility index (Phi) is 6.85. The highest BCUT2D eigenvalue weighted by Gasteiger charge is 2.18. The van der Waals surface area contributed by atoms with Gasteiger partial charge in [-0.1, -0.05) is 12.1 Å². The van der Waals surface area contributed by atoms with Crippen molar-refractivity contribution in [1.29, 1.82) is 0 Å². The molecule has 2 rings (SSSR count). The maximum atomic E-state index is 12.3. The summed E-state index contributed by atoms with van der Waals surface area (Å²) in [5, 5.41) is 2.88. The van der Waals surface area contributed by atoms with Gasteiger partial charge in [0.2, 0.25) is 10.0 Å². The van der Waals surface area contributed by atoms with E-state index in [1.54, 1.807) is 38.1 Å². The molecule has 0 saturated carbocycles. The van der Waals surface area contributed by atoms with Crippen LogP contribution in [0.1, 0.15) is 29.8 Å². The molecule has 0 spiro atoms. The number of anilines is 2. The van der Waals surface area contributed by atoms with Crippen LogP contribution in [0.2, 0.25) is 0 Å². The molecule has 0 radical (unpaired) electrons. The van der Waals surface area contributed by atoms with Gasteiger partial charge in [-0.25, -0.2) is 8.42 Å². The number of sulfonamides is 1. The first-order chi connectivity index (χ1) is 12.8.